The quantitative estimate of drug-likeness (QED) is 0.216. The van der Waals surface area contributed by atoms with E-state index in [9.17, 15) is 32.7 Å². The lowest BCUT2D eigenvalue weighted by Gasteiger charge is -2.26. The number of Topliss-reactive ketones (excluding diaryl/α,β-unsaturated/α-hetero) is 1. The van der Waals surface area contributed by atoms with E-state index >= 15 is 0 Å². The number of carboxylic acid groups (broad SMARTS) is 1. The van der Waals surface area contributed by atoms with Gasteiger partial charge in [0.1, 0.15) is 17.5 Å². The van der Waals surface area contributed by atoms with Gasteiger partial charge in [0.25, 0.3) is 0 Å². The summed E-state index contributed by atoms with van der Waals surface area (Å²) in [5, 5.41) is 13.5. The molecule has 11 nitrogen and oxygen atoms in total. The first-order valence-electron chi connectivity index (χ1n) is 15.3. The van der Waals surface area contributed by atoms with Crippen LogP contribution in [0, 0.1) is 5.92 Å². The van der Waals surface area contributed by atoms with Gasteiger partial charge in [-0.05, 0) is 69.2 Å². The summed E-state index contributed by atoms with van der Waals surface area (Å²) in [6.45, 7) is 3.56. The molecule has 1 aliphatic heterocycles. The van der Waals surface area contributed by atoms with Crippen molar-refractivity contribution in [2.24, 2.45) is 5.92 Å². The van der Waals surface area contributed by atoms with Crippen LogP contribution in [-0.4, -0.2) is 73.8 Å². The molecule has 15 heteroatoms. The maximum atomic E-state index is 13.1. The van der Waals surface area contributed by atoms with Gasteiger partial charge in [-0.25, -0.2) is 9.59 Å². The summed E-state index contributed by atoms with van der Waals surface area (Å²) in [4.78, 5) is 51.4. The number of benzene rings is 2. The number of likely N-dealkylation sites (tertiary alicyclic amines) is 1. The molecule has 0 radical (unpaired) electrons. The van der Waals surface area contributed by atoms with Crippen molar-refractivity contribution in [1.82, 2.24) is 19.9 Å². The zero-order valence-electron chi connectivity index (χ0n) is 26.5. The molecule has 1 saturated carbocycles. The Bertz CT molecular complexity index is 1660. The standard InChI is InChI=1S/C33H35ClF3N5O6/c1-31(2,3)48-30(46)42-17-20(14-24(42)27(44)45)15-25(43)21-6-4-19(5-7-21)16-26-38-28(40-29(39-26)47-18-33(35,36)37)41-32(12-13-32)22-8-10-23(34)11-9-22/h4-11,20,24H,12-18H2,1-3H3,(H,44,45)(H,38,39,40,41)/t20-,24-/m1/s1. The molecule has 2 aromatic carbocycles. The van der Waals surface area contributed by atoms with E-state index in [2.05, 4.69) is 20.3 Å². The summed E-state index contributed by atoms with van der Waals surface area (Å²) in [6, 6.07) is 12.2. The second-order valence-corrected chi connectivity index (χ2v) is 13.5. The molecule has 256 valence electrons. The predicted molar refractivity (Wildman–Crippen MR) is 168 cm³/mol. The normalized spacial score (nSPS) is 18.7. The number of carbonyl (C=O) groups excluding carboxylic acids is 2. The Balaban J connectivity index is 1.27. The Morgan fingerprint density at radius 2 is 1.69 bits per heavy atom. The maximum Gasteiger partial charge on any atom is 0.422 e. The van der Waals surface area contributed by atoms with Crippen LogP contribution in [0.15, 0.2) is 48.5 Å². The number of anilines is 1. The van der Waals surface area contributed by atoms with E-state index < -0.39 is 48.0 Å². The van der Waals surface area contributed by atoms with Crippen LogP contribution in [0.5, 0.6) is 6.01 Å². The van der Waals surface area contributed by atoms with Crippen LogP contribution in [-0.2, 0) is 21.5 Å². The number of amides is 1. The Morgan fingerprint density at radius 3 is 2.27 bits per heavy atom. The molecule has 1 amide bonds. The molecule has 2 atom stereocenters. The number of alkyl halides is 3. The van der Waals surface area contributed by atoms with Crippen LogP contribution >= 0.6 is 11.6 Å². The Kier molecular flexibility index (Phi) is 9.86. The average molecular weight is 690 g/mol. The molecular formula is C33H35ClF3N5O6. The monoisotopic (exact) mass is 689 g/mol. The van der Waals surface area contributed by atoms with Crippen molar-refractivity contribution in [2.75, 3.05) is 18.5 Å². The van der Waals surface area contributed by atoms with E-state index in [1.807, 2.05) is 12.1 Å². The van der Waals surface area contributed by atoms with Crippen molar-refractivity contribution < 1.29 is 42.1 Å². The summed E-state index contributed by atoms with van der Waals surface area (Å²) in [6.07, 6.45) is -3.58. The van der Waals surface area contributed by atoms with Gasteiger partial charge < -0.3 is 19.9 Å². The van der Waals surface area contributed by atoms with Gasteiger partial charge in [0.2, 0.25) is 5.95 Å². The SMILES string of the molecule is CC(C)(C)OC(=O)N1C[C@@H](CC(=O)c2ccc(Cc3nc(NC4(c5ccc(Cl)cc5)CC4)nc(OCC(F)(F)F)n3)cc2)C[C@@H]1C(=O)O. The number of ether oxygens (including phenoxy) is 2. The van der Waals surface area contributed by atoms with Gasteiger partial charge in [0, 0.05) is 30.0 Å². The van der Waals surface area contributed by atoms with Crippen LogP contribution in [0.4, 0.5) is 23.9 Å². The number of halogens is 4. The average Bonchev–Trinajstić information content (AvgIpc) is 3.64. The fourth-order valence-corrected chi connectivity index (χ4v) is 5.66. The largest absolute Gasteiger partial charge is 0.480 e. The Morgan fingerprint density at radius 1 is 1.02 bits per heavy atom. The Labute approximate surface area is 279 Å². The van der Waals surface area contributed by atoms with Gasteiger partial charge in [0.05, 0.1) is 5.54 Å². The molecule has 1 saturated heterocycles. The number of hydrogen-bond donors (Lipinski definition) is 2. The molecule has 5 rings (SSSR count). The van der Waals surface area contributed by atoms with Crippen LogP contribution < -0.4 is 10.1 Å². The van der Waals surface area contributed by atoms with Gasteiger partial charge in [-0.3, -0.25) is 9.69 Å². The lowest BCUT2D eigenvalue weighted by Crippen LogP contribution is -2.43. The molecule has 1 aliphatic carbocycles. The van der Waals surface area contributed by atoms with Crippen LogP contribution in [0.25, 0.3) is 0 Å². The first-order chi connectivity index (χ1) is 22.5. The number of nitrogens with zero attached hydrogens (tertiary/aromatic N) is 4. The lowest BCUT2D eigenvalue weighted by molar-refractivity contribution is -0.154. The maximum absolute atomic E-state index is 13.1. The van der Waals surface area contributed by atoms with Crippen LogP contribution in [0.2, 0.25) is 5.02 Å². The van der Waals surface area contributed by atoms with Crippen molar-refractivity contribution >= 4 is 35.4 Å². The first-order valence-corrected chi connectivity index (χ1v) is 15.7. The molecule has 3 aromatic rings. The van der Waals surface area contributed by atoms with Gasteiger partial charge in [-0.2, -0.15) is 28.1 Å². The third-order valence-electron chi connectivity index (χ3n) is 7.94. The highest BCUT2D eigenvalue weighted by Crippen LogP contribution is 2.48. The molecule has 2 heterocycles. The zero-order valence-corrected chi connectivity index (χ0v) is 27.3. The number of hydrogen-bond acceptors (Lipinski definition) is 9. The highest BCUT2D eigenvalue weighted by Gasteiger charge is 2.45. The summed E-state index contributed by atoms with van der Waals surface area (Å²) in [5.41, 5.74) is 0.684. The minimum atomic E-state index is -4.59. The van der Waals surface area contributed by atoms with Gasteiger partial charge >= 0.3 is 24.2 Å². The summed E-state index contributed by atoms with van der Waals surface area (Å²) in [5.74, 6) is -1.55. The molecule has 2 fully saturated rings. The summed E-state index contributed by atoms with van der Waals surface area (Å²) < 4.78 is 49.0. The van der Waals surface area contributed by atoms with E-state index in [1.54, 1.807) is 57.2 Å². The van der Waals surface area contributed by atoms with Gasteiger partial charge in [0.15, 0.2) is 12.4 Å². The highest BCUT2D eigenvalue weighted by molar-refractivity contribution is 6.30. The van der Waals surface area contributed by atoms with E-state index in [4.69, 9.17) is 21.1 Å². The van der Waals surface area contributed by atoms with E-state index in [0.29, 0.717) is 16.1 Å². The highest BCUT2D eigenvalue weighted by atomic mass is 35.5. The van der Waals surface area contributed by atoms with Gasteiger partial charge in [-0.1, -0.05) is 48.0 Å². The first kappa shape index (κ1) is 34.9. The smallest absolute Gasteiger partial charge is 0.422 e. The van der Waals surface area contributed by atoms with Gasteiger partial charge in [-0.15, -0.1) is 0 Å². The van der Waals surface area contributed by atoms with Crippen LogP contribution in [0.3, 0.4) is 0 Å². The fraction of sp³-hybridized carbons (Fsp3) is 0.455. The number of carboxylic acids is 1. The van der Waals surface area contributed by atoms with Crippen molar-refractivity contribution in [3.8, 4) is 6.01 Å². The van der Waals surface area contributed by atoms with E-state index in [1.165, 1.54) is 0 Å². The Hall–Kier alpha value is -4.46. The van der Waals surface area contributed by atoms with Crippen molar-refractivity contribution in [1.29, 1.82) is 0 Å². The summed E-state index contributed by atoms with van der Waals surface area (Å²) in [7, 11) is 0. The number of aliphatic carboxylic acids is 1. The zero-order chi connectivity index (χ0) is 34.9. The third-order valence-corrected chi connectivity index (χ3v) is 8.19. The molecule has 0 bridgehead atoms. The van der Waals surface area contributed by atoms with E-state index in [0.717, 1.165) is 23.3 Å². The number of aromatic nitrogens is 3. The van der Waals surface area contributed by atoms with Crippen molar-refractivity contribution in [2.45, 2.75) is 76.2 Å². The lowest BCUT2D eigenvalue weighted by atomic mass is 9.95. The number of carbonyl (C=O) groups is 3. The third kappa shape index (κ3) is 9.12. The number of nitrogens with one attached hydrogen (secondary N) is 1. The topological polar surface area (TPSA) is 144 Å². The van der Waals surface area contributed by atoms with Crippen molar-refractivity contribution in [3.63, 3.8) is 0 Å². The minimum absolute atomic E-state index is 0.0280. The molecule has 1 aromatic heterocycles. The van der Waals surface area contributed by atoms with Crippen LogP contribution in [0.1, 0.15) is 73.8 Å². The predicted octanol–water partition coefficient (Wildman–Crippen LogP) is 6.44. The molecule has 48 heavy (non-hydrogen) atoms. The second kappa shape index (κ2) is 13.6. The number of ketones is 1. The molecule has 2 aliphatic rings. The second-order valence-electron chi connectivity index (χ2n) is 13.1. The summed E-state index contributed by atoms with van der Waals surface area (Å²) >= 11 is 6.03. The molecule has 2 N–H and O–H groups in total. The molecular weight excluding hydrogens is 655 g/mol. The number of rotatable bonds is 11. The van der Waals surface area contributed by atoms with Crippen molar-refractivity contribution in [3.05, 3.63) is 76.1 Å². The fourth-order valence-electron chi connectivity index (χ4n) is 5.54. The molecule has 0 spiro atoms. The minimum Gasteiger partial charge on any atom is -0.480 e. The van der Waals surface area contributed by atoms with E-state index in [-0.39, 0.29) is 49.3 Å². The molecule has 0 unspecified atom stereocenters.